The molecule has 1 amide bonds. The highest BCUT2D eigenvalue weighted by Crippen LogP contribution is 2.25. The number of benzene rings is 1. The maximum Gasteiger partial charge on any atom is 0.224 e. The van der Waals surface area contributed by atoms with E-state index >= 15 is 0 Å². The van der Waals surface area contributed by atoms with Gasteiger partial charge in [-0.2, -0.15) is 0 Å². The largest absolute Gasteiger partial charge is 0.308 e. The van der Waals surface area contributed by atoms with Gasteiger partial charge in [0.25, 0.3) is 0 Å². The van der Waals surface area contributed by atoms with Crippen LogP contribution in [0.4, 0.5) is 5.69 Å². The summed E-state index contributed by atoms with van der Waals surface area (Å²) >= 11 is 3.44. The molecule has 0 radical (unpaired) electrons. The van der Waals surface area contributed by atoms with Crippen molar-refractivity contribution in [3.63, 3.8) is 0 Å². The van der Waals surface area contributed by atoms with E-state index in [-0.39, 0.29) is 5.91 Å². The predicted molar refractivity (Wildman–Crippen MR) is 67.0 cm³/mol. The van der Waals surface area contributed by atoms with E-state index in [1.807, 2.05) is 43.3 Å². The minimum atomic E-state index is 0.0417. The molecular formula is C12H14BrNO. The van der Waals surface area contributed by atoms with E-state index in [4.69, 9.17) is 0 Å². The molecule has 1 aromatic carbocycles. The van der Waals surface area contributed by atoms with Crippen LogP contribution < -0.4 is 4.90 Å². The average molecular weight is 268 g/mol. The molecule has 3 heteroatoms. The first kappa shape index (κ1) is 12.0. The Labute approximate surface area is 98.7 Å². The second-order valence-electron chi connectivity index (χ2n) is 3.15. The predicted octanol–water partition coefficient (Wildman–Crippen LogP) is 3.38. The normalized spacial score (nSPS) is 10.6. The van der Waals surface area contributed by atoms with Crippen LogP contribution in [0, 0.1) is 0 Å². The Kier molecular flexibility index (Phi) is 4.56. The molecule has 0 unspecified atom stereocenters. The van der Waals surface area contributed by atoms with Crippen LogP contribution in [-0.2, 0) is 4.79 Å². The summed E-state index contributed by atoms with van der Waals surface area (Å²) in [7, 11) is 0. The zero-order chi connectivity index (χ0) is 11.3. The van der Waals surface area contributed by atoms with Gasteiger partial charge in [0.15, 0.2) is 0 Å². The van der Waals surface area contributed by atoms with Gasteiger partial charge in [0.05, 0.1) is 5.69 Å². The van der Waals surface area contributed by atoms with Crippen LogP contribution in [0.5, 0.6) is 0 Å². The van der Waals surface area contributed by atoms with Gasteiger partial charge >= 0.3 is 0 Å². The Bertz CT molecular complexity index is 374. The highest BCUT2D eigenvalue weighted by Gasteiger charge is 2.11. The van der Waals surface area contributed by atoms with Crippen molar-refractivity contribution in [2.75, 3.05) is 11.4 Å². The second kappa shape index (κ2) is 5.71. The molecule has 0 bridgehead atoms. The summed E-state index contributed by atoms with van der Waals surface area (Å²) in [5.41, 5.74) is 0.906. The van der Waals surface area contributed by atoms with E-state index < -0.39 is 0 Å². The Balaban J connectivity index is 2.99. The SMILES string of the molecule is C/C=C/CN(C(C)=O)c1ccccc1Br. The molecule has 15 heavy (non-hydrogen) atoms. The third-order valence-electron chi connectivity index (χ3n) is 2.05. The van der Waals surface area contributed by atoms with E-state index in [1.165, 1.54) is 0 Å². The lowest BCUT2D eigenvalue weighted by Gasteiger charge is -2.20. The second-order valence-corrected chi connectivity index (χ2v) is 4.00. The lowest BCUT2D eigenvalue weighted by molar-refractivity contribution is -0.116. The van der Waals surface area contributed by atoms with Crippen molar-refractivity contribution >= 4 is 27.5 Å². The van der Waals surface area contributed by atoms with Crippen molar-refractivity contribution < 1.29 is 4.79 Å². The van der Waals surface area contributed by atoms with Crippen LogP contribution >= 0.6 is 15.9 Å². The van der Waals surface area contributed by atoms with Crippen LogP contribution in [0.25, 0.3) is 0 Å². The number of carbonyl (C=O) groups excluding carboxylic acids is 1. The summed E-state index contributed by atoms with van der Waals surface area (Å²) in [5, 5.41) is 0. The smallest absolute Gasteiger partial charge is 0.224 e. The molecule has 0 N–H and O–H groups in total. The van der Waals surface area contributed by atoms with Gasteiger partial charge < -0.3 is 4.90 Å². The summed E-state index contributed by atoms with van der Waals surface area (Å²) in [6, 6.07) is 7.71. The van der Waals surface area contributed by atoms with E-state index in [1.54, 1.807) is 11.8 Å². The molecule has 0 aliphatic rings. The number of amides is 1. The van der Waals surface area contributed by atoms with E-state index in [0.717, 1.165) is 10.2 Å². The molecule has 0 fully saturated rings. The summed E-state index contributed by atoms with van der Waals surface area (Å²) in [5.74, 6) is 0.0417. The zero-order valence-electron chi connectivity index (χ0n) is 8.90. The van der Waals surface area contributed by atoms with E-state index in [2.05, 4.69) is 15.9 Å². The van der Waals surface area contributed by atoms with Gasteiger partial charge in [0, 0.05) is 17.9 Å². The van der Waals surface area contributed by atoms with Gasteiger partial charge in [-0.3, -0.25) is 4.79 Å². The van der Waals surface area contributed by atoms with Crippen LogP contribution in [-0.4, -0.2) is 12.5 Å². The quantitative estimate of drug-likeness (QED) is 0.769. The molecule has 80 valence electrons. The standard InChI is InChI=1S/C12H14BrNO/c1-3-4-9-14(10(2)15)12-8-6-5-7-11(12)13/h3-8H,9H2,1-2H3/b4-3+. The van der Waals surface area contributed by atoms with Crippen LogP contribution in [0.3, 0.4) is 0 Å². The molecular weight excluding hydrogens is 254 g/mol. The third kappa shape index (κ3) is 3.20. The number of para-hydroxylation sites is 1. The monoisotopic (exact) mass is 267 g/mol. The number of hydrogen-bond acceptors (Lipinski definition) is 1. The molecule has 0 saturated carbocycles. The molecule has 0 aliphatic carbocycles. The molecule has 1 aromatic rings. The summed E-state index contributed by atoms with van der Waals surface area (Å²) in [4.78, 5) is 13.2. The summed E-state index contributed by atoms with van der Waals surface area (Å²) in [6.45, 7) is 4.12. The van der Waals surface area contributed by atoms with Gasteiger partial charge in [-0.1, -0.05) is 24.3 Å². The number of allylic oxidation sites excluding steroid dienone is 1. The van der Waals surface area contributed by atoms with E-state index in [0.29, 0.717) is 6.54 Å². The average Bonchev–Trinajstić information content (AvgIpc) is 2.20. The summed E-state index contributed by atoms with van der Waals surface area (Å²) < 4.78 is 0.935. The van der Waals surface area contributed by atoms with E-state index in [9.17, 15) is 4.79 Å². The van der Waals surface area contributed by atoms with Crippen LogP contribution in [0.2, 0.25) is 0 Å². The Hall–Kier alpha value is -1.09. The third-order valence-corrected chi connectivity index (χ3v) is 2.72. The lowest BCUT2D eigenvalue weighted by Crippen LogP contribution is -2.28. The van der Waals surface area contributed by atoms with Gasteiger partial charge in [0.2, 0.25) is 5.91 Å². The lowest BCUT2D eigenvalue weighted by atomic mass is 10.3. The highest BCUT2D eigenvalue weighted by atomic mass is 79.9. The van der Waals surface area contributed by atoms with Gasteiger partial charge in [-0.05, 0) is 35.0 Å². The van der Waals surface area contributed by atoms with Crippen molar-refractivity contribution in [2.24, 2.45) is 0 Å². The minimum Gasteiger partial charge on any atom is -0.308 e. The van der Waals surface area contributed by atoms with Crippen LogP contribution in [0.1, 0.15) is 13.8 Å². The zero-order valence-corrected chi connectivity index (χ0v) is 10.5. The first-order valence-corrected chi connectivity index (χ1v) is 5.60. The number of nitrogens with zero attached hydrogens (tertiary/aromatic N) is 1. The van der Waals surface area contributed by atoms with Crippen LogP contribution in [0.15, 0.2) is 40.9 Å². The fourth-order valence-electron chi connectivity index (χ4n) is 1.28. The van der Waals surface area contributed by atoms with Crippen molar-refractivity contribution in [1.82, 2.24) is 0 Å². The van der Waals surface area contributed by atoms with Gasteiger partial charge in [0.1, 0.15) is 0 Å². The molecule has 0 aromatic heterocycles. The first-order chi connectivity index (χ1) is 7.16. The fraction of sp³-hybridized carbons (Fsp3) is 0.250. The number of anilines is 1. The van der Waals surface area contributed by atoms with Gasteiger partial charge in [-0.15, -0.1) is 0 Å². The number of halogens is 1. The topological polar surface area (TPSA) is 20.3 Å². The Morgan fingerprint density at radius 3 is 2.67 bits per heavy atom. The van der Waals surface area contributed by atoms with Crippen molar-refractivity contribution in [2.45, 2.75) is 13.8 Å². The molecule has 0 atom stereocenters. The number of hydrogen-bond donors (Lipinski definition) is 0. The Morgan fingerprint density at radius 1 is 1.47 bits per heavy atom. The van der Waals surface area contributed by atoms with Crippen molar-refractivity contribution in [3.8, 4) is 0 Å². The molecule has 0 spiro atoms. The fourth-order valence-corrected chi connectivity index (χ4v) is 1.78. The molecule has 0 aliphatic heterocycles. The minimum absolute atomic E-state index is 0.0417. The molecule has 1 rings (SSSR count). The maximum atomic E-state index is 11.5. The summed E-state index contributed by atoms with van der Waals surface area (Å²) in [6.07, 6.45) is 3.90. The highest BCUT2D eigenvalue weighted by molar-refractivity contribution is 9.10. The van der Waals surface area contributed by atoms with Crippen molar-refractivity contribution in [1.29, 1.82) is 0 Å². The first-order valence-electron chi connectivity index (χ1n) is 4.80. The maximum absolute atomic E-state index is 11.5. The number of carbonyl (C=O) groups is 1. The number of rotatable bonds is 3. The molecule has 0 saturated heterocycles. The van der Waals surface area contributed by atoms with Gasteiger partial charge in [-0.25, -0.2) is 0 Å². The van der Waals surface area contributed by atoms with Crippen molar-refractivity contribution in [3.05, 3.63) is 40.9 Å². The Morgan fingerprint density at radius 2 is 2.13 bits per heavy atom. The molecule has 0 heterocycles. The molecule has 2 nitrogen and oxygen atoms in total.